The van der Waals surface area contributed by atoms with Gasteiger partial charge in [0, 0.05) is 11.6 Å². The molecule has 1 N–H and O–H groups in total. The summed E-state index contributed by atoms with van der Waals surface area (Å²) in [5.41, 5.74) is 0.00325. The number of hydrogen-bond donors (Lipinski definition) is 1. The van der Waals surface area contributed by atoms with Crippen molar-refractivity contribution in [3.8, 4) is 0 Å². The van der Waals surface area contributed by atoms with Gasteiger partial charge in [-0.1, -0.05) is 12.1 Å². The van der Waals surface area contributed by atoms with Gasteiger partial charge >= 0.3 is 5.69 Å². The second-order valence-corrected chi connectivity index (χ2v) is 5.66. The average molecular weight is 293 g/mol. The molecular weight excluding hydrogens is 281 g/mol. The lowest BCUT2D eigenvalue weighted by atomic mass is 10.1. The summed E-state index contributed by atoms with van der Waals surface area (Å²) < 4.78 is 15.5. The molecule has 0 radical (unpaired) electrons. The summed E-state index contributed by atoms with van der Waals surface area (Å²) in [5, 5.41) is 6.69. The lowest BCUT2D eigenvalue weighted by Gasteiger charge is -2.08. The molecule has 3 rings (SSSR count). The van der Waals surface area contributed by atoms with E-state index >= 15 is 0 Å². The molecule has 1 aromatic carbocycles. The lowest BCUT2D eigenvalue weighted by molar-refractivity contribution is 0.101. The fraction of sp³-hybridized carbons (Fsp3) is 0.308. The number of hydrogen-bond acceptors (Lipinski definition) is 4. The second kappa shape index (κ2) is 4.90. The van der Waals surface area contributed by atoms with Crippen LogP contribution in [0.5, 0.6) is 0 Å². The molecule has 1 aromatic heterocycles. The van der Waals surface area contributed by atoms with Gasteiger partial charge in [0.05, 0.1) is 4.90 Å². The standard InChI is InChI=1S/C13H12FN3O2S/c1-7(18)9-3-2-4-10(14)11(9)20-13-16-15-12(19)17(13)8-5-6-8/h2-4,8H,5-6H2,1H3,(H,15,19). The van der Waals surface area contributed by atoms with E-state index in [2.05, 4.69) is 10.2 Å². The molecule has 0 saturated heterocycles. The minimum absolute atomic E-state index is 0.135. The van der Waals surface area contributed by atoms with Crippen LogP contribution >= 0.6 is 11.8 Å². The summed E-state index contributed by atoms with van der Waals surface area (Å²) in [6.07, 6.45) is 1.84. The van der Waals surface area contributed by atoms with E-state index in [0.717, 1.165) is 24.6 Å². The summed E-state index contributed by atoms with van der Waals surface area (Å²) >= 11 is 1.01. The number of nitrogens with zero attached hydrogens (tertiary/aromatic N) is 2. The molecule has 1 heterocycles. The highest BCUT2D eigenvalue weighted by Crippen LogP contribution is 2.39. The van der Waals surface area contributed by atoms with Crippen LogP contribution in [0, 0.1) is 5.82 Å². The van der Waals surface area contributed by atoms with Gasteiger partial charge in [-0.15, -0.1) is 5.10 Å². The van der Waals surface area contributed by atoms with Crippen molar-refractivity contribution in [3.05, 3.63) is 40.1 Å². The number of H-pyrrole nitrogens is 1. The van der Waals surface area contributed by atoms with Crippen molar-refractivity contribution in [1.82, 2.24) is 14.8 Å². The van der Waals surface area contributed by atoms with Gasteiger partial charge in [0.15, 0.2) is 10.9 Å². The van der Waals surface area contributed by atoms with Crippen molar-refractivity contribution in [2.45, 2.75) is 35.9 Å². The SMILES string of the molecule is CC(=O)c1cccc(F)c1Sc1n[nH]c(=O)n1C1CC1. The Morgan fingerprint density at radius 3 is 2.90 bits per heavy atom. The van der Waals surface area contributed by atoms with Gasteiger partial charge in [-0.05, 0) is 37.6 Å². The van der Waals surface area contributed by atoms with Gasteiger partial charge < -0.3 is 0 Å². The van der Waals surface area contributed by atoms with Gasteiger partial charge in [0.25, 0.3) is 0 Å². The highest BCUT2D eigenvalue weighted by molar-refractivity contribution is 7.99. The monoisotopic (exact) mass is 293 g/mol. The van der Waals surface area contributed by atoms with Gasteiger partial charge in [-0.3, -0.25) is 9.36 Å². The Bertz CT molecular complexity index is 733. The van der Waals surface area contributed by atoms with Crippen LogP contribution < -0.4 is 5.69 Å². The van der Waals surface area contributed by atoms with Gasteiger partial charge in [-0.2, -0.15) is 0 Å². The molecule has 1 aliphatic carbocycles. The first-order chi connectivity index (χ1) is 9.58. The third-order valence-corrected chi connectivity index (χ3v) is 4.21. The maximum absolute atomic E-state index is 14.0. The summed E-state index contributed by atoms with van der Waals surface area (Å²) in [7, 11) is 0. The van der Waals surface area contributed by atoms with E-state index < -0.39 is 5.82 Å². The van der Waals surface area contributed by atoms with E-state index in [1.54, 1.807) is 6.07 Å². The third kappa shape index (κ3) is 2.29. The first kappa shape index (κ1) is 13.1. The summed E-state index contributed by atoms with van der Waals surface area (Å²) in [6.45, 7) is 1.39. The zero-order valence-electron chi connectivity index (χ0n) is 10.7. The van der Waals surface area contributed by atoms with Crippen LogP contribution in [0.3, 0.4) is 0 Å². The number of carbonyl (C=O) groups excluding carboxylic acids is 1. The Labute approximate surface area is 118 Å². The molecule has 7 heteroatoms. The highest BCUT2D eigenvalue weighted by atomic mass is 32.2. The topological polar surface area (TPSA) is 67.8 Å². The maximum Gasteiger partial charge on any atom is 0.344 e. The minimum atomic E-state index is -0.486. The molecule has 104 valence electrons. The predicted octanol–water partition coefficient (Wildman–Crippen LogP) is 2.40. The number of rotatable bonds is 4. The summed E-state index contributed by atoms with van der Waals surface area (Å²) in [4.78, 5) is 23.5. The van der Waals surface area contributed by atoms with Crippen molar-refractivity contribution in [2.75, 3.05) is 0 Å². The minimum Gasteiger partial charge on any atom is -0.294 e. The molecule has 1 saturated carbocycles. The van der Waals surface area contributed by atoms with Crippen molar-refractivity contribution in [2.24, 2.45) is 0 Å². The molecule has 2 aromatic rings. The molecule has 1 fully saturated rings. The zero-order valence-corrected chi connectivity index (χ0v) is 11.5. The van der Waals surface area contributed by atoms with Crippen LogP contribution in [-0.2, 0) is 0 Å². The molecule has 0 spiro atoms. The summed E-state index contributed by atoms with van der Waals surface area (Å²) in [5.74, 6) is -0.705. The Kier molecular flexibility index (Phi) is 3.21. The first-order valence-electron chi connectivity index (χ1n) is 6.22. The van der Waals surface area contributed by atoms with Crippen LogP contribution in [-0.4, -0.2) is 20.5 Å². The van der Waals surface area contributed by atoms with Crippen LogP contribution in [0.4, 0.5) is 4.39 Å². The van der Waals surface area contributed by atoms with Crippen molar-refractivity contribution >= 4 is 17.5 Å². The quantitative estimate of drug-likeness (QED) is 0.879. The van der Waals surface area contributed by atoms with E-state index in [1.165, 1.54) is 23.6 Å². The van der Waals surface area contributed by atoms with Gasteiger partial charge in [0.2, 0.25) is 0 Å². The molecule has 0 atom stereocenters. The number of halogens is 1. The first-order valence-corrected chi connectivity index (χ1v) is 7.04. The van der Waals surface area contributed by atoms with E-state index in [1.807, 2.05) is 0 Å². The summed E-state index contributed by atoms with van der Waals surface area (Å²) in [6, 6.07) is 4.49. The molecule has 0 unspecified atom stereocenters. The van der Waals surface area contributed by atoms with Crippen molar-refractivity contribution in [1.29, 1.82) is 0 Å². The predicted molar refractivity (Wildman–Crippen MR) is 71.6 cm³/mol. The van der Waals surface area contributed by atoms with Gasteiger partial charge in [0.1, 0.15) is 5.82 Å². The number of benzene rings is 1. The molecule has 20 heavy (non-hydrogen) atoms. The Morgan fingerprint density at radius 2 is 2.25 bits per heavy atom. The van der Waals surface area contributed by atoms with E-state index in [9.17, 15) is 14.0 Å². The normalized spacial score (nSPS) is 14.5. The Morgan fingerprint density at radius 1 is 1.50 bits per heavy atom. The number of aromatic nitrogens is 3. The molecule has 0 aliphatic heterocycles. The van der Waals surface area contributed by atoms with Crippen LogP contribution in [0.2, 0.25) is 0 Å². The van der Waals surface area contributed by atoms with Gasteiger partial charge in [-0.25, -0.2) is 14.3 Å². The fourth-order valence-electron chi connectivity index (χ4n) is 2.00. The molecule has 5 nitrogen and oxygen atoms in total. The number of Topliss-reactive ketones (excluding diaryl/α,β-unsaturated/α-hetero) is 1. The number of aromatic amines is 1. The molecular formula is C13H12FN3O2S. The van der Waals surface area contributed by atoms with Crippen LogP contribution in [0.25, 0.3) is 0 Å². The number of ketones is 1. The highest BCUT2D eigenvalue weighted by Gasteiger charge is 2.29. The molecule has 1 aliphatic rings. The van der Waals surface area contributed by atoms with E-state index in [4.69, 9.17) is 0 Å². The number of carbonyl (C=O) groups is 1. The third-order valence-electron chi connectivity index (χ3n) is 3.12. The average Bonchev–Trinajstić information content (AvgIpc) is 3.17. The maximum atomic E-state index is 14.0. The van der Waals surface area contributed by atoms with E-state index in [-0.39, 0.29) is 22.4 Å². The Balaban J connectivity index is 2.04. The van der Waals surface area contributed by atoms with Crippen LogP contribution in [0.15, 0.2) is 33.0 Å². The largest absolute Gasteiger partial charge is 0.344 e. The van der Waals surface area contributed by atoms with Crippen LogP contribution in [0.1, 0.15) is 36.2 Å². The van der Waals surface area contributed by atoms with E-state index in [0.29, 0.717) is 10.7 Å². The Hall–Kier alpha value is -1.89. The van der Waals surface area contributed by atoms with Crippen molar-refractivity contribution < 1.29 is 9.18 Å². The van der Waals surface area contributed by atoms with Crippen molar-refractivity contribution in [3.63, 3.8) is 0 Å². The fourth-order valence-corrected chi connectivity index (χ4v) is 3.09. The lowest BCUT2D eigenvalue weighted by Crippen LogP contribution is -2.16. The smallest absolute Gasteiger partial charge is 0.294 e. The molecule has 0 amide bonds. The molecule has 0 bridgehead atoms. The zero-order chi connectivity index (χ0) is 14.3. The number of nitrogens with one attached hydrogen (secondary N) is 1. The second-order valence-electron chi connectivity index (χ2n) is 4.69.